The van der Waals surface area contributed by atoms with Crippen LogP contribution in [0, 0.1) is 0 Å². The lowest BCUT2D eigenvalue weighted by Crippen LogP contribution is -2.40. The molecule has 2 aromatic carbocycles. The summed E-state index contributed by atoms with van der Waals surface area (Å²) in [4.78, 5) is 32.1. The molecule has 0 radical (unpaired) electrons. The number of methoxy groups -OCH3 is 1. The standard InChI is InChI=1S/C28H21Br3N2O5S/c1-4-37-27(35)24-14(2)32-28-33(25(24)19-12-16(30)6-9-21(19)36-3)26(34)23(39-28)13-17-7-10-22(38-17)18-11-15(29)5-8-20(18)31/h5-13,25H,4H2,1-3H3/b23-13-/t25-/m1/s1. The van der Waals surface area contributed by atoms with Crippen LogP contribution >= 0.6 is 59.1 Å². The molecule has 5 rings (SSSR count). The molecule has 1 atom stereocenters. The molecule has 1 aliphatic heterocycles. The first kappa shape index (κ1) is 27.8. The Morgan fingerprint density at radius 3 is 2.62 bits per heavy atom. The first-order chi connectivity index (χ1) is 18.7. The predicted molar refractivity (Wildman–Crippen MR) is 161 cm³/mol. The van der Waals surface area contributed by atoms with Gasteiger partial charge >= 0.3 is 5.97 Å². The Labute approximate surface area is 252 Å². The molecular weight excluding hydrogens is 716 g/mol. The SMILES string of the molecule is CCOC(=O)C1=C(C)N=c2s/c(=C\c3ccc(-c4cc(Br)ccc4Br)o3)c(=O)n2[C@@H]1c1cc(Br)ccc1OC. The molecule has 3 heterocycles. The van der Waals surface area contributed by atoms with Crippen molar-refractivity contribution < 1.29 is 18.7 Å². The molecule has 7 nitrogen and oxygen atoms in total. The number of ether oxygens (including phenoxy) is 2. The van der Waals surface area contributed by atoms with E-state index >= 15 is 0 Å². The molecule has 4 aromatic rings. The number of carbonyl (C=O) groups is 1. The molecule has 0 aliphatic carbocycles. The maximum atomic E-state index is 13.9. The van der Waals surface area contributed by atoms with Crippen molar-refractivity contribution in [3.8, 4) is 17.1 Å². The van der Waals surface area contributed by atoms with E-state index in [0.717, 1.165) is 19.0 Å². The second-order valence-electron chi connectivity index (χ2n) is 8.51. The molecule has 0 fully saturated rings. The van der Waals surface area contributed by atoms with Crippen LogP contribution in [0.15, 0.2) is 87.4 Å². The lowest BCUT2D eigenvalue weighted by atomic mass is 9.95. The van der Waals surface area contributed by atoms with Crippen LogP contribution in [0.3, 0.4) is 0 Å². The van der Waals surface area contributed by atoms with E-state index in [2.05, 4.69) is 52.8 Å². The monoisotopic (exact) mass is 734 g/mol. The average Bonchev–Trinajstić information content (AvgIpc) is 3.49. The zero-order chi connectivity index (χ0) is 27.8. The Balaban J connectivity index is 1.68. The van der Waals surface area contributed by atoms with Crippen molar-refractivity contribution in [2.24, 2.45) is 4.99 Å². The summed E-state index contributed by atoms with van der Waals surface area (Å²) in [5.74, 6) is 1.17. The number of thiazole rings is 1. The smallest absolute Gasteiger partial charge is 0.338 e. The Morgan fingerprint density at radius 2 is 1.87 bits per heavy atom. The van der Waals surface area contributed by atoms with Crippen molar-refractivity contribution in [1.29, 1.82) is 0 Å². The molecule has 2 aromatic heterocycles. The van der Waals surface area contributed by atoms with Crippen LogP contribution in [-0.2, 0) is 9.53 Å². The highest BCUT2D eigenvalue weighted by atomic mass is 79.9. The third-order valence-corrected chi connectivity index (χ3v) is 8.76. The van der Waals surface area contributed by atoms with E-state index in [-0.39, 0.29) is 17.7 Å². The first-order valence-corrected chi connectivity index (χ1v) is 15.0. The Kier molecular flexibility index (Phi) is 8.14. The van der Waals surface area contributed by atoms with Crippen molar-refractivity contribution in [3.63, 3.8) is 0 Å². The molecule has 0 N–H and O–H groups in total. The highest BCUT2D eigenvalue weighted by Crippen LogP contribution is 2.37. The van der Waals surface area contributed by atoms with Crippen molar-refractivity contribution in [2.45, 2.75) is 19.9 Å². The lowest BCUT2D eigenvalue weighted by molar-refractivity contribution is -0.139. The molecule has 11 heteroatoms. The van der Waals surface area contributed by atoms with Gasteiger partial charge in [0.1, 0.15) is 23.3 Å². The second-order valence-corrected chi connectivity index (χ2v) is 12.2. The quantitative estimate of drug-likeness (QED) is 0.216. The summed E-state index contributed by atoms with van der Waals surface area (Å²) in [7, 11) is 1.55. The third kappa shape index (κ3) is 5.37. The van der Waals surface area contributed by atoms with E-state index in [4.69, 9.17) is 13.9 Å². The second kappa shape index (κ2) is 11.4. The number of esters is 1. The molecule has 0 amide bonds. The number of rotatable bonds is 6. The number of fused-ring (bicyclic) bond motifs is 1. The summed E-state index contributed by atoms with van der Waals surface area (Å²) in [5, 5.41) is 0. The van der Waals surface area contributed by atoms with Crippen LogP contribution in [-0.4, -0.2) is 24.3 Å². The van der Waals surface area contributed by atoms with Crippen molar-refractivity contribution in [2.75, 3.05) is 13.7 Å². The van der Waals surface area contributed by atoms with E-state index in [9.17, 15) is 9.59 Å². The maximum Gasteiger partial charge on any atom is 0.338 e. The number of allylic oxidation sites excluding steroid dienone is 1. The third-order valence-electron chi connectivity index (χ3n) is 6.10. The summed E-state index contributed by atoms with van der Waals surface area (Å²) >= 11 is 11.8. The summed E-state index contributed by atoms with van der Waals surface area (Å²) in [6.07, 6.45) is 1.69. The normalized spacial score (nSPS) is 15.2. The summed E-state index contributed by atoms with van der Waals surface area (Å²) in [6, 6.07) is 14.2. The highest BCUT2D eigenvalue weighted by Gasteiger charge is 2.35. The molecule has 39 heavy (non-hydrogen) atoms. The minimum absolute atomic E-state index is 0.192. The molecule has 0 saturated carbocycles. The molecule has 0 bridgehead atoms. The van der Waals surface area contributed by atoms with E-state index in [1.165, 1.54) is 15.9 Å². The number of halogens is 3. The van der Waals surface area contributed by atoms with Gasteiger partial charge in [-0.25, -0.2) is 9.79 Å². The molecular formula is C28H21Br3N2O5S. The topological polar surface area (TPSA) is 83.0 Å². The van der Waals surface area contributed by atoms with Gasteiger partial charge < -0.3 is 13.9 Å². The fourth-order valence-corrected chi connectivity index (χ4v) is 6.60. The van der Waals surface area contributed by atoms with Crippen LogP contribution < -0.4 is 19.6 Å². The highest BCUT2D eigenvalue weighted by molar-refractivity contribution is 9.11. The van der Waals surface area contributed by atoms with Gasteiger partial charge in [0.25, 0.3) is 5.56 Å². The summed E-state index contributed by atoms with van der Waals surface area (Å²) in [6.45, 7) is 3.68. The zero-order valence-electron chi connectivity index (χ0n) is 21.0. The van der Waals surface area contributed by atoms with Crippen LogP contribution in [0.4, 0.5) is 0 Å². The average molecular weight is 737 g/mol. The van der Waals surface area contributed by atoms with Gasteiger partial charge in [0.05, 0.1) is 29.5 Å². The van der Waals surface area contributed by atoms with Crippen molar-refractivity contribution in [1.82, 2.24) is 4.57 Å². The number of hydrogen-bond acceptors (Lipinski definition) is 7. The molecule has 1 aliphatic rings. The Hall–Kier alpha value is -2.73. The summed E-state index contributed by atoms with van der Waals surface area (Å²) < 4.78 is 21.6. The fourth-order valence-electron chi connectivity index (χ4n) is 4.40. The molecule has 0 saturated heterocycles. The maximum absolute atomic E-state index is 13.9. The van der Waals surface area contributed by atoms with E-state index in [1.807, 2.05) is 42.5 Å². The van der Waals surface area contributed by atoms with Crippen LogP contribution in [0.25, 0.3) is 17.4 Å². The Bertz CT molecular complexity index is 1820. The first-order valence-electron chi connectivity index (χ1n) is 11.8. The fraction of sp³-hybridized carbons (Fsp3) is 0.179. The van der Waals surface area contributed by atoms with Gasteiger partial charge in [-0.15, -0.1) is 0 Å². The summed E-state index contributed by atoms with van der Waals surface area (Å²) in [5.41, 5.74) is 1.97. The Morgan fingerprint density at radius 1 is 1.13 bits per heavy atom. The van der Waals surface area contributed by atoms with Gasteiger partial charge in [-0.3, -0.25) is 9.36 Å². The van der Waals surface area contributed by atoms with Gasteiger partial charge in [0.2, 0.25) is 0 Å². The number of benzene rings is 2. The van der Waals surface area contributed by atoms with Crippen LogP contribution in [0.5, 0.6) is 5.75 Å². The zero-order valence-corrected chi connectivity index (χ0v) is 26.5. The van der Waals surface area contributed by atoms with Crippen molar-refractivity contribution in [3.05, 3.63) is 104 Å². The van der Waals surface area contributed by atoms with Gasteiger partial charge in [-0.2, -0.15) is 0 Å². The minimum Gasteiger partial charge on any atom is -0.496 e. The molecule has 200 valence electrons. The van der Waals surface area contributed by atoms with Crippen LogP contribution in [0.1, 0.15) is 31.2 Å². The molecule has 0 spiro atoms. The van der Waals surface area contributed by atoms with Crippen LogP contribution in [0.2, 0.25) is 0 Å². The number of carbonyl (C=O) groups excluding carboxylic acids is 1. The van der Waals surface area contributed by atoms with E-state index < -0.39 is 12.0 Å². The largest absolute Gasteiger partial charge is 0.496 e. The van der Waals surface area contributed by atoms with E-state index in [0.29, 0.717) is 37.9 Å². The minimum atomic E-state index is -0.792. The van der Waals surface area contributed by atoms with Gasteiger partial charge in [-0.1, -0.05) is 59.1 Å². The van der Waals surface area contributed by atoms with Gasteiger partial charge in [0.15, 0.2) is 4.80 Å². The van der Waals surface area contributed by atoms with Gasteiger partial charge in [-0.05, 0) is 62.4 Å². The number of hydrogen-bond donors (Lipinski definition) is 0. The molecule has 0 unspecified atom stereocenters. The lowest BCUT2D eigenvalue weighted by Gasteiger charge is -2.26. The van der Waals surface area contributed by atoms with Gasteiger partial charge in [0, 0.05) is 30.6 Å². The number of nitrogens with zero attached hydrogens (tertiary/aromatic N) is 2. The van der Waals surface area contributed by atoms with Crippen molar-refractivity contribution >= 4 is 71.2 Å². The van der Waals surface area contributed by atoms with E-state index in [1.54, 1.807) is 33.1 Å². The predicted octanol–water partition coefficient (Wildman–Crippen LogP) is 6.35. The number of furan rings is 1. The number of aromatic nitrogens is 1.